The molecule has 2 aliphatic heterocycles. The van der Waals surface area contributed by atoms with Gasteiger partial charge < -0.3 is 24.4 Å². The number of benzene rings is 2. The van der Waals surface area contributed by atoms with Gasteiger partial charge in [0, 0.05) is 59.7 Å². The van der Waals surface area contributed by atoms with E-state index in [2.05, 4.69) is 39.0 Å². The standard InChI is InChI=1S/C22H25N3O4S/c26-12-13-28-14-15-29-22(27)25-10-8-24(9-11-25)20-7-3-4-17-16-30-23-19-6-2-1-5-18(19)21(17)20/h1-7,16,26H,8-15H2. The van der Waals surface area contributed by atoms with E-state index in [0.717, 1.165) is 28.9 Å². The van der Waals surface area contributed by atoms with Crippen molar-refractivity contribution in [2.24, 2.45) is 4.40 Å². The maximum atomic E-state index is 12.3. The molecule has 0 aromatic heterocycles. The Morgan fingerprint density at radius 2 is 1.87 bits per heavy atom. The van der Waals surface area contributed by atoms with Crippen molar-refractivity contribution in [1.29, 1.82) is 0 Å². The third kappa shape index (κ3) is 4.61. The van der Waals surface area contributed by atoms with E-state index in [1.54, 1.807) is 4.90 Å². The first kappa shape index (κ1) is 20.7. The zero-order chi connectivity index (χ0) is 20.8. The van der Waals surface area contributed by atoms with Crippen LogP contribution in [0.2, 0.25) is 0 Å². The molecule has 0 saturated carbocycles. The SMILES string of the molecule is O=C(OCCOCCO)N1CCN(c2cccc3c2=c2ccccc2=NSC=3)CC1. The van der Waals surface area contributed by atoms with E-state index in [-0.39, 0.29) is 25.9 Å². The van der Waals surface area contributed by atoms with Crippen molar-refractivity contribution in [1.82, 2.24) is 4.90 Å². The number of piperazine rings is 1. The molecule has 2 aromatic rings. The van der Waals surface area contributed by atoms with Crippen molar-refractivity contribution in [2.75, 3.05) is 57.5 Å². The first-order valence-corrected chi connectivity index (χ1v) is 10.9. The summed E-state index contributed by atoms with van der Waals surface area (Å²) >= 11 is 1.46. The Morgan fingerprint density at radius 3 is 2.70 bits per heavy atom. The summed E-state index contributed by atoms with van der Waals surface area (Å²) in [6.45, 7) is 3.38. The lowest BCUT2D eigenvalue weighted by atomic mass is 10.1. The van der Waals surface area contributed by atoms with Crippen LogP contribution in [0.3, 0.4) is 0 Å². The highest BCUT2D eigenvalue weighted by atomic mass is 32.2. The van der Waals surface area contributed by atoms with Gasteiger partial charge in [0.2, 0.25) is 0 Å². The molecule has 1 fully saturated rings. The fourth-order valence-electron chi connectivity index (χ4n) is 3.69. The van der Waals surface area contributed by atoms with E-state index in [1.807, 2.05) is 18.2 Å². The Hall–Kier alpha value is -2.55. The molecule has 0 unspecified atom stereocenters. The van der Waals surface area contributed by atoms with E-state index >= 15 is 0 Å². The number of nitrogens with zero attached hydrogens (tertiary/aromatic N) is 3. The quantitative estimate of drug-likeness (QED) is 0.553. The Labute approximate surface area is 179 Å². The lowest BCUT2D eigenvalue weighted by Gasteiger charge is -2.35. The van der Waals surface area contributed by atoms with E-state index < -0.39 is 0 Å². The number of fused-ring (bicyclic) bond motifs is 2. The summed E-state index contributed by atoms with van der Waals surface area (Å²) in [7, 11) is 0. The van der Waals surface area contributed by atoms with Crippen molar-refractivity contribution in [3.05, 3.63) is 63.5 Å². The fourth-order valence-corrected chi connectivity index (χ4v) is 4.33. The summed E-state index contributed by atoms with van der Waals surface area (Å²) in [6, 6.07) is 14.6. The zero-order valence-corrected chi connectivity index (χ0v) is 17.5. The highest BCUT2D eigenvalue weighted by molar-refractivity contribution is 8.05. The maximum absolute atomic E-state index is 12.3. The summed E-state index contributed by atoms with van der Waals surface area (Å²) in [4.78, 5) is 16.3. The van der Waals surface area contributed by atoms with Gasteiger partial charge in [-0.15, -0.1) is 0 Å². The van der Waals surface area contributed by atoms with Gasteiger partial charge in [-0.25, -0.2) is 9.19 Å². The third-order valence-corrected chi connectivity index (χ3v) is 5.81. The van der Waals surface area contributed by atoms with Crippen LogP contribution in [0.1, 0.15) is 0 Å². The fraction of sp³-hybridized carbons (Fsp3) is 0.364. The van der Waals surface area contributed by atoms with Gasteiger partial charge in [-0.2, -0.15) is 0 Å². The van der Waals surface area contributed by atoms with Gasteiger partial charge in [0.05, 0.1) is 25.2 Å². The summed E-state index contributed by atoms with van der Waals surface area (Å²) in [6.07, 6.45) is -0.317. The predicted octanol–water partition coefficient (Wildman–Crippen LogP) is 1.26. The van der Waals surface area contributed by atoms with E-state index in [4.69, 9.17) is 14.6 Å². The first-order valence-electron chi connectivity index (χ1n) is 10.1. The molecule has 0 bridgehead atoms. The van der Waals surface area contributed by atoms with Crippen molar-refractivity contribution in [3.8, 4) is 0 Å². The topological polar surface area (TPSA) is 74.6 Å². The minimum Gasteiger partial charge on any atom is -0.447 e. The van der Waals surface area contributed by atoms with Gasteiger partial charge >= 0.3 is 6.09 Å². The van der Waals surface area contributed by atoms with E-state index in [0.29, 0.717) is 19.7 Å². The Morgan fingerprint density at radius 1 is 1.03 bits per heavy atom. The molecule has 7 nitrogen and oxygen atoms in total. The number of ether oxygens (including phenoxy) is 2. The first-order chi connectivity index (χ1) is 14.8. The molecule has 2 aliphatic rings. The van der Waals surface area contributed by atoms with Crippen LogP contribution >= 0.6 is 11.9 Å². The van der Waals surface area contributed by atoms with Crippen molar-refractivity contribution < 1.29 is 19.4 Å². The Bertz CT molecular complexity index is 1100. The second-order valence-electron chi connectivity index (χ2n) is 7.00. The summed E-state index contributed by atoms with van der Waals surface area (Å²) in [5.41, 5.74) is 1.17. The molecule has 1 N–H and O–H groups in total. The highest BCUT2D eigenvalue weighted by Gasteiger charge is 2.23. The average Bonchev–Trinajstić information content (AvgIpc) is 2.98. The number of rotatable bonds is 6. The van der Waals surface area contributed by atoms with Crippen molar-refractivity contribution in [3.63, 3.8) is 0 Å². The van der Waals surface area contributed by atoms with Gasteiger partial charge in [0.15, 0.2) is 0 Å². The summed E-state index contributed by atoms with van der Waals surface area (Å²) < 4.78 is 15.0. The number of carbonyl (C=O) groups is 1. The molecule has 4 rings (SSSR count). The number of anilines is 1. The second-order valence-corrected chi connectivity index (χ2v) is 7.63. The molecule has 0 radical (unpaired) electrons. The molecule has 0 atom stereocenters. The van der Waals surface area contributed by atoms with Crippen molar-refractivity contribution >= 4 is 29.1 Å². The lowest BCUT2D eigenvalue weighted by molar-refractivity contribution is 0.0411. The van der Waals surface area contributed by atoms with E-state index in [1.165, 1.54) is 22.9 Å². The molecular weight excluding hydrogens is 402 g/mol. The number of carbonyl (C=O) groups excluding carboxylic acids is 1. The molecule has 8 heteroatoms. The molecule has 0 spiro atoms. The molecular formula is C22H25N3O4S. The number of aliphatic hydroxyl groups is 1. The van der Waals surface area contributed by atoms with Crippen LogP contribution in [-0.4, -0.2) is 68.7 Å². The average molecular weight is 428 g/mol. The smallest absolute Gasteiger partial charge is 0.409 e. The minimum absolute atomic E-state index is 0.0336. The monoisotopic (exact) mass is 427 g/mol. The van der Waals surface area contributed by atoms with Gasteiger partial charge in [-0.3, -0.25) is 0 Å². The molecule has 1 amide bonds. The highest BCUT2D eigenvalue weighted by Crippen LogP contribution is 2.18. The van der Waals surface area contributed by atoms with Crippen LogP contribution in [0.15, 0.2) is 46.9 Å². The van der Waals surface area contributed by atoms with Crippen LogP contribution < -0.4 is 15.5 Å². The Kier molecular flexibility index (Phi) is 6.88. The van der Waals surface area contributed by atoms with Crippen LogP contribution in [0.25, 0.3) is 5.41 Å². The lowest BCUT2D eigenvalue weighted by Crippen LogP contribution is -2.49. The largest absolute Gasteiger partial charge is 0.447 e. The van der Waals surface area contributed by atoms with Crippen LogP contribution in [-0.2, 0) is 9.47 Å². The molecule has 2 heterocycles. The number of hydrogen-bond acceptors (Lipinski definition) is 7. The minimum atomic E-state index is -0.317. The van der Waals surface area contributed by atoms with Gasteiger partial charge in [0.1, 0.15) is 6.61 Å². The normalized spacial score (nSPS) is 15.4. The van der Waals surface area contributed by atoms with Crippen LogP contribution in [0.5, 0.6) is 0 Å². The van der Waals surface area contributed by atoms with Crippen LogP contribution in [0, 0.1) is 10.4 Å². The molecule has 30 heavy (non-hydrogen) atoms. The Balaban J connectivity index is 1.50. The van der Waals surface area contributed by atoms with Gasteiger partial charge in [-0.1, -0.05) is 30.3 Å². The molecule has 1 saturated heterocycles. The van der Waals surface area contributed by atoms with E-state index in [9.17, 15) is 4.79 Å². The molecule has 0 aliphatic carbocycles. The summed E-state index contributed by atoms with van der Waals surface area (Å²) in [5.74, 6) is 0. The summed E-state index contributed by atoms with van der Waals surface area (Å²) in [5, 5.41) is 15.2. The molecule has 158 valence electrons. The van der Waals surface area contributed by atoms with Crippen LogP contribution in [0.4, 0.5) is 10.5 Å². The van der Waals surface area contributed by atoms with Crippen molar-refractivity contribution in [2.45, 2.75) is 0 Å². The predicted molar refractivity (Wildman–Crippen MR) is 116 cm³/mol. The number of amides is 1. The maximum Gasteiger partial charge on any atom is 0.409 e. The third-order valence-electron chi connectivity index (χ3n) is 5.15. The number of hydrogen-bond donors (Lipinski definition) is 1. The zero-order valence-electron chi connectivity index (χ0n) is 16.7. The second kappa shape index (κ2) is 9.97. The van der Waals surface area contributed by atoms with Gasteiger partial charge in [-0.05, 0) is 17.4 Å². The van der Waals surface area contributed by atoms with Gasteiger partial charge in [0.25, 0.3) is 0 Å². The molecule has 2 aromatic carbocycles. The number of aliphatic hydroxyl groups excluding tert-OH is 1.